The fraction of sp³-hybridized carbons (Fsp3) is 0.429. The number of aryl methyl sites for hydroxylation is 1. The maximum absolute atomic E-state index is 6.05. The molecular formula is C21H27NO2. The van der Waals surface area contributed by atoms with Crippen LogP contribution in [0.25, 0.3) is 0 Å². The molecule has 1 aliphatic rings. The van der Waals surface area contributed by atoms with Gasteiger partial charge in [-0.3, -0.25) is 0 Å². The van der Waals surface area contributed by atoms with Gasteiger partial charge in [-0.2, -0.15) is 0 Å². The van der Waals surface area contributed by atoms with Gasteiger partial charge in [0.25, 0.3) is 0 Å². The summed E-state index contributed by atoms with van der Waals surface area (Å²) >= 11 is 0. The van der Waals surface area contributed by atoms with Crippen LogP contribution in [0, 0.1) is 6.92 Å². The first-order valence-electron chi connectivity index (χ1n) is 9.00. The summed E-state index contributed by atoms with van der Waals surface area (Å²) in [5.74, 6) is 2.48. The monoisotopic (exact) mass is 325 g/mol. The summed E-state index contributed by atoms with van der Waals surface area (Å²) in [7, 11) is 0. The number of rotatable bonds is 7. The zero-order valence-corrected chi connectivity index (χ0v) is 14.5. The number of para-hydroxylation sites is 3. The molecule has 1 heterocycles. The Morgan fingerprint density at radius 3 is 2.25 bits per heavy atom. The van der Waals surface area contributed by atoms with Crippen LogP contribution in [-0.2, 0) is 0 Å². The number of piperidine rings is 1. The van der Waals surface area contributed by atoms with Gasteiger partial charge in [-0.15, -0.1) is 0 Å². The predicted molar refractivity (Wildman–Crippen MR) is 98.1 cm³/mol. The van der Waals surface area contributed by atoms with Gasteiger partial charge in [-0.05, 0) is 63.0 Å². The van der Waals surface area contributed by atoms with E-state index in [1.165, 1.54) is 32.4 Å². The van der Waals surface area contributed by atoms with Crippen molar-refractivity contribution >= 4 is 0 Å². The zero-order chi connectivity index (χ0) is 16.6. The molecule has 0 atom stereocenters. The van der Waals surface area contributed by atoms with Gasteiger partial charge >= 0.3 is 0 Å². The number of hydrogen-bond donors (Lipinski definition) is 0. The van der Waals surface area contributed by atoms with Crippen LogP contribution in [0.3, 0.4) is 0 Å². The van der Waals surface area contributed by atoms with Gasteiger partial charge in [-0.1, -0.05) is 36.8 Å². The van der Waals surface area contributed by atoms with Crippen LogP contribution in [0.1, 0.15) is 31.2 Å². The molecule has 0 saturated carbocycles. The quantitative estimate of drug-likeness (QED) is 0.666. The van der Waals surface area contributed by atoms with E-state index in [9.17, 15) is 0 Å². The molecule has 1 fully saturated rings. The summed E-state index contributed by atoms with van der Waals surface area (Å²) in [5, 5.41) is 0. The number of nitrogens with zero attached hydrogens (tertiary/aromatic N) is 1. The highest BCUT2D eigenvalue weighted by Gasteiger charge is 2.10. The van der Waals surface area contributed by atoms with Gasteiger partial charge in [0.1, 0.15) is 5.75 Å². The number of ether oxygens (including phenoxy) is 2. The number of benzene rings is 2. The molecule has 0 radical (unpaired) electrons. The van der Waals surface area contributed by atoms with Crippen LogP contribution in [0.2, 0.25) is 0 Å². The molecule has 3 heteroatoms. The Morgan fingerprint density at radius 1 is 0.833 bits per heavy atom. The molecular weight excluding hydrogens is 298 g/mol. The van der Waals surface area contributed by atoms with Crippen molar-refractivity contribution in [2.75, 3.05) is 26.2 Å². The molecule has 0 N–H and O–H groups in total. The molecule has 1 aliphatic heterocycles. The van der Waals surface area contributed by atoms with Crippen LogP contribution < -0.4 is 9.47 Å². The number of hydrogen-bond acceptors (Lipinski definition) is 3. The molecule has 0 aliphatic carbocycles. The highest BCUT2D eigenvalue weighted by atomic mass is 16.5. The summed E-state index contributed by atoms with van der Waals surface area (Å²) in [5.41, 5.74) is 1.12. The van der Waals surface area contributed by atoms with Crippen molar-refractivity contribution in [1.82, 2.24) is 4.90 Å². The van der Waals surface area contributed by atoms with Gasteiger partial charge < -0.3 is 14.4 Å². The average molecular weight is 325 g/mol. The van der Waals surface area contributed by atoms with E-state index in [-0.39, 0.29) is 0 Å². The largest absolute Gasteiger partial charge is 0.490 e. The average Bonchev–Trinajstić information content (AvgIpc) is 2.63. The zero-order valence-electron chi connectivity index (χ0n) is 14.5. The van der Waals surface area contributed by atoms with Crippen molar-refractivity contribution in [3.8, 4) is 17.2 Å². The first-order valence-corrected chi connectivity index (χ1v) is 9.00. The lowest BCUT2D eigenvalue weighted by Crippen LogP contribution is -2.31. The standard InChI is InChI=1S/C21H27NO2/c1-18-10-3-4-11-19(18)24-21-13-6-5-12-20(21)23-17-9-16-22-14-7-2-8-15-22/h3-6,10-13H,2,7-9,14-17H2,1H3. The van der Waals surface area contributed by atoms with Crippen LogP contribution >= 0.6 is 0 Å². The third kappa shape index (κ3) is 4.75. The Balaban J connectivity index is 1.53. The van der Waals surface area contributed by atoms with E-state index in [2.05, 4.69) is 17.9 Å². The molecule has 2 aromatic carbocycles. The minimum atomic E-state index is 0.727. The van der Waals surface area contributed by atoms with Crippen LogP contribution in [0.5, 0.6) is 17.2 Å². The van der Waals surface area contributed by atoms with Crippen molar-refractivity contribution in [3.05, 3.63) is 54.1 Å². The second-order valence-corrected chi connectivity index (χ2v) is 6.42. The molecule has 0 aromatic heterocycles. The fourth-order valence-electron chi connectivity index (χ4n) is 3.10. The Morgan fingerprint density at radius 2 is 1.50 bits per heavy atom. The lowest BCUT2D eigenvalue weighted by atomic mass is 10.1. The second kappa shape index (κ2) is 8.74. The van der Waals surface area contributed by atoms with Crippen LogP contribution in [0.4, 0.5) is 0 Å². The molecule has 0 spiro atoms. The van der Waals surface area contributed by atoms with Crippen LogP contribution in [0.15, 0.2) is 48.5 Å². The summed E-state index contributed by atoms with van der Waals surface area (Å²) in [6, 6.07) is 16.0. The smallest absolute Gasteiger partial charge is 0.169 e. The van der Waals surface area contributed by atoms with E-state index in [1.54, 1.807) is 0 Å². The molecule has 3 nitrogen and oxygen atoms in total. The van der Waals surface area contributed by atoms with Gasteiger partial charge in [0.15, 0.2) is 11.5 Å². The van der Waals surface area contributed by atoms with Crippen molar-refractivity contribution in [3.63, 3.8) is 0 Å². The van der Waals surface area contributed by atoms with E-state index >= 15 is 0 Å². The molecule has 3 rings (SSSR count). The third-order valence-corrected chi connectivity index (χ3v) is 4.49. The van der Waals surface area contributed by atoms with Crippen LogP contribution in [-0.4, -0.2) is 31.1 Å². The highest BCUT2D eigenvalue weighted by molar-refractivity contribution is 5.44. The summed E-state index contributed by atoms with van der Waals surface area (Å²) < 4.78 is 12.0. The maximum atomic E-state index is 6.05. The van der Waals surface area contributed by atoms with Gasteiger partial charge in [0.05, 0.1) is 6.61 Å². The van der Waals surface area contributed by atoms with Crippen molar-refractivity contribution in [1.29, 1.82) is 0 Å². The molecule has 0 amide bonds. The van der Waals surface area contributed by atoms with Gasteiger partial charge in [-0.25, -0.2) is 0 Å². The summed E-state index contributed by atoms with van der Waals surface area (Å²) in [4.78, 5) is 2.54. The van der Waals surface area contributed by atoms with E-state index in [0.29, 0.717) is 0 Å². The van der Waals surface area contributed by atoms with Crippen molar-refractivity contribution in [2.45, 2.75) is 32.6 Å². The Bertz CT molecular complexity index is 635. The van der Waals surface area contributed by atoms with Gasteiger partial charge in [0.2, 0.25) is 0 Å². The predicted octanol–water partition coefficient (Wildman–Crippen LogP) is 5.04. The minimum Gasteiger partial charge on any atom is -0.490 e. The van der Waals surface area contributed by atoms with E-state index < -0.39 is 0 Å². The Kier molecular flexibility index (Phi) is 6.13. The molecule has 0 bridgehead atoms. The summed E-state index contributed by atoms with van der Waals surface area (Å²) in [6.45, 7) is 6.39. The molecule has 24 heavy (non-hydrogen) atoms. The Hall–Kier alpha value is -2.00. The van der Waals surface area contributed by atoms with E-state index in [1.807, 2.05) is 42.5 Å². The molecule has 128 valence electrons. The van der Waals surface area contributed by atoms with Crippen molar-refractivity contribution in [2.24, 2.45) is 0 Å². The second-order valence-electron chi connectivity index (χ2n) is 6.42. The maximum Gasteiger partial charge on any atom is 0.169 e. The molecule has 1 saturated heterocycles. The number of likely N-dealkylation sites (tertiary alicyclic amines) is 1. The summed E-state index contributed by atoms with van der Waals surface area (Å²) in [6.07, 6.45) is 5.12. The molecule has 2 aromatic rings. The lowest BCUT2D eigenvalue weighted by Gasteiger charge is -2.26. The molecule has 0 unspecified atom stereocenters. The van der Waals surface area contributed by atoms with Gasteiger partial charge in [0, 0.05) is 6.54 Å². The first-order chi connectivity index (χ1) is 11.8. The minimum absolute atomic E-state index is 0.727. The first kappa shape index (κ1) is 16.8. The topological polar surface area (TPSA) is 21.7 Å². The van der Waals surface area contributed by atoms with E-state index in [4.69, 9.17) is 9.47 Å². The normalized spacial score (nSPS) is 15.2. The lowest BCUT2D eigenvalue weighted by molar-refractivity contribution is 0.203. The SMILES string of the molecule is Cc1ccccc1Oc1ccccc1OCCCN1CCCCC1. The highest BCUT2D eigenvalue weighted by Crippen LogP contribution is 2.32. The van der Waals surface area contributed by atoms with Crippen molar-refractivity contribution < 1.29 is 9.47 Å². The fourth-order valence-corrected chi connectivity index (χ4v) is 3.10. The Labute approximate surface area is 145 Å². The van der Waals surface area contributed by atoms with E-state index in [0.717, 1.165) is 42.4 Å². The third-order valence-electron chi connectivity index (χ3n) is 4.49.